The number of aliphatic imine (C=N–C) groups is 1. The number of nitrogens with zero attached hydrogens (tertiary/aromatic N) is 1. The number of hydrogen-bond acceptors (Lipinski definition) is 3. The fourth-order valence-electron chi connectivity index (χ4n) is 2.17. The van der Waals surface area contributed by atoms with Crippen molar-refractivity contribution in [1.29, 1.82) is 0 Å². The topological polar surface area (TPSA) is 30.8 Å². The third-order valence-corrected chi connectivity index (χ3v) is 4.36. The van der Waals surface area contributed by atoms with E-state index in [0.29, 0.717) is 5.03 Å². The molecule has 1 saturated heterocycles. The number of hydrogen-bond donors (Lipinski definition) is 0. The average Bonchev–Trinajstić information content (AvgIpc) is 2.80. The lowest BCUT2D eigenvalue weighted by Gasteiger charge is -2.32. The predicted octanol–water partition coefficient (Wildman–Crippen LogP) is 3.22. The molecule has 0 amide bonds. The molecule has 5 heteroatoms. The van der Waals surface area contributed by atoms with Crippen LogP contribution < -0.4 is 0 Å². The molecule has 2 aliphatic heterocycles. The summed E-state index contributed by atoms with van der Waals surface area (Å²) >= 11 is 6.14. The van der Waals surface area contributed by atoms with Gasteiger partial charge < -0.3 is 9.31 Å². The Morgan fingerprint density at radius 3 is 2.37 bits per heavy atom. The zero-order valence-electron chi connectivity index (χ0n) is 11.5. The maximum Gasteiger partial charge on any atom is 0.514 e. The van der Waals surface area contributed by atoms with Crippen molar-refractivity contribution in [3.8, 4) is 0 Å². The normalized spacial score (nSPS) is 28.1. The molecule has 0 saturated carbocycles. The van der Waals surface area contributed by atoms with E-state index in [-0.39, 0.29) is 11.2 Å². The van der Waals surface area contributed by atoms with Crippen LogP contribution >= 0.6 is 11.6 Å². The molecule has 99 valence electrons. The van der Waals surface area contributed by atoms with Crippen molar-refractivity contribution in [3.63, 3.8) is 0 Å². The molecular formula is C14H16BClNO2. The second kappa shape index (κ2) is 4.08. The zero-order chi connectivity index (χ0) is 13.8. The van der Waals surface area contributed by atoms with Crippen molar-refractivity contribution in [3.05, 3.63) is 41.0 Å². The minimum atomic E-state index is -0.437. The van der Waals surface area contributed by atoms with Gasteiger partial charge in [-0.15, -0.1) is 0 Å². The van der Waals surface area contributed by atoms with Crippen molar-refractivity contribution < 1.29 is 9.31 Å². The first kappa shape index (κ1) is 13.2. The maximum absolute atomic E-state index is 6.14. The second-order valence-electron chi connectivity index (χ2n) is 5.95. The van der Waals surface area contributed by atoms with Gasteiger partial charge in [0.15, 0.2) is 6.04 Å². The van der Waals surface area contributed by atoms with E-state index >= 15 is 0 Å². The Hall–Kier alpha value is -0.835. The molecule has 0 atom stereocenters. The molecule has 19 heavy (non-hydrogen) atoms. The van der Waals surface area contributed by atoms with Crippen LogP contribution in [-0.4, -0.2) is 23.9 Å². The fourth-order valence-corrected chi connectivity index (χ4v) is 2.40. The third kappa shape index (κ3) is 2.02. The third-order valence-electron chi connectivity index (χ3n) is 4.06. The van der Waals surface area contributed by atoms with Crippen LogP contribution in [0.25, 0.3) is 0 Å². The summed E-state index contributed by atoms with van der Waals surface area (Å²) < 4.78 is 12.0. The highest BCUT2D eigenvalue weighted by molar-refractivity contribution is 6.85. The molecular weight excluding hydrogens is 260 g/mol. The van der Waals surface area contributed by atoms with Crippen LogP contribution in [0.2, 0.25) is 0 Å². The van der Waals surface area contributed by atoms with Crippen LogP contribution in [0.4, 0.5) is 0 Å². The first-order chi connectivity index (χ1) is 8.80. The van der Waals surface area contributed by atoms with E-state index in [1.165, 1.54) is 0 Å². The molecule has 1 aliphatic carbocycles. The summed E-state index contributed by atoms with van der Waals surface area (Å²) in [7, 11) is -0.437. The highest BCUT2D eigenvalue weighted by Crippen LogP contribution is 2.40. The predicted molar refractivity (Wildman–Crippen MR) is 77.9 cm³/mol. The van der Waals surface area contributed by atoms with E-state index in [2.05, 4.69) is 4.99 Å². The van der Waals surface area contributed by atoms with Crippen molar-refractivity contribution in [2.24, 2.45) is 4.99 Å². The van der Waals surface area contributed by atoms with E-state index < -0.39 is 7.12 Å². The molecule has 0 N–H and O–H groups in total. The zero-order valence-corrected chi connectivity index (χ0v) is 12.3. The lowest BCUT2D eigenvalue weighted by molar-refractivity contribution is 0.00578. The molecule has 0 unspecified atom stereocenters. The standard InChI is InChI=1S/C14H16BClNO2/c1-13(2)14(3,4)19-15(18-13)11-8-9-6-5-7-10(16)12(9)17-11/h5-8H,1-4H3. The molecule has 0 spiro atoms. The Morgan fingerprint density at radius 1 is 1.16 bits per heavy atom. The Kier molecular flexibility index (Phi) is 2.82. The number of fused-ring (bicyclic) bond motifs is 1. The summed E-state index contributed by atoms with van der Waals surface area (Å²) in [6.45, 7) is 8.12. The monoisotopic (exact) mass is 276 g/mol. The lowest BCUT2D eigenvalue weighted by Crippen LogP contribution is -2.41. The van der Waals surface area contributed by atoms with Gasteiger partial charge in [0.2, 0.25) is 0 Å². The summed E-state index contributed by atoms with van der Waals surface area (Å²) in [5, 5.41) is 0.653. The Balaban J connectivity index is 1.87. The second-order valence-corrected chi connectivity index (χ2v) is 6.35. The molecule has 0 aromatic carbocycles. The average molecular weight is 277 g/mol. The number of rotatable bonds is 1. The van der Waals surface area contributed by atoms with Gasteiger partial charge in [-0.2, -0.15) is 0 Å². The van der Waals surface area contributed by atoms with Gasteiger partial charge in [0.05, 0.1) is 21.8 Å². The Bertz CT molecular complexity index is 530. The maximum atomic E-state index is 6.14. The van der Waals surface area contributed by atoms with Gasteiger partial charge in [-0.3, -0.25) is 4.99 Å². The first-order valence-corrected chi connectivity index (χ1v) is 6.75. The number of allylic oxidation sites excluding steroid dienone is 3. The summed E-state index contributed by atoms with van der Waals surface area (Å²) in [4.78, 5) is 4.54. The van der Waals surface area contributed by atoms with Gasteiger partial charge in [0.25, 0.3) is 0 Å². The van der Waals surface area contributed by atoms with E-state index in [0.717, 1.165) is 17.2 Å². The van der Waals surface area contributed by atoms with Gasteiger partial charge in [-0.25, -0.2) is 0 Å². The quantitative estimate of drug-likeness (QED) is 0.689. The van der Waals surface area contributed by atoms with E-state index in [1.54, 1.807) is 0 Å². The molecule has 0 aromatic rings. The lowest BCUT2D eigenvalue weighted by atomic mass is 9.82. The van der Waals surface area contributed by atoms with Crippen LogP contribution in [0.15, 0.2) is 39.9 Å². The van der Waals surface area contributed by atoms with E-state index in [9.17, 15) is 0 Å². The summed E-state index contributed by atoms with van der Waals surface area (Å²) in [6.07, 6.45) is 7.72. The van der Waals surface area contributed by atoms with Gasteiger partial charge >= 0.3 is 7.12 Å². The first-order valence-electron chi connectivity index (χ1n) is 6.38. The minimum Gasteiger partial charge on any atom is -0.398 e. The molecule has 3 rings (SSSR count). The van der Waals surface area contributed by atoms with Crippen LogP contribution in [0, 0.1) is 6.04 Å². The van der Waals surface area contributed by atoms with Gasteiger partial charge in [-0.05, 0) is 45.4 Å². The minimum absolute atomic E-state index is 0.355. The van der Waals surface area contributed by atoms with Crippen LogP contribution in [0.3, 0.4) is 0 Å². The SMILES string of the molecule is CC1(C)OB(C2=N[C]3C(Cl)=CC=CC3=C2)OC1(C)C. The molecule has 3 nitrogen and oxygen atoms in total. The van der Waals surface area contributed by atoms with E-state index in [1.807, 2.05) is 52.0 Å². The largest absolute Gasteiger partial charge is 0.514 e. The van der Waals surface area contributed by atoms with Crippen LogP contribution in [0.5, 0.6) is 0 Å². The molecule has 1 fully saturated rings. The van der Waals surface area contributed by atoms with Crippen molar-refractivity contribution in [1.82, 2.24) is 0 Å². The van der Waals surface area contributed by atoms with E-state index in [4.69, 9.17) is 20.9 Å². The van der Waals surface area contributed by atoms with Gasteiger partial charge in [0.1, 0.15) is 0 Å². The van der Waals surface area contributed by atoms with Gasteiger partial charge in [0, 0.05) is 0 Å². The Morgan fingerprint density at radius 2 is 1.79 bits per heavy atom. The Labute approximate surface area is 119 Å². The van der Waals surface area contributed by atoms with Crippen LogP contribution in [-0.2, 0) is 9.31 Å². The highest BCUT2D eigenvalue weighted by Gasteiger charge is 2.53. The molecule has 0 bridgehead atoms. The van der Waals surface area contributed by atoms with Gasteiger partial charge in [-0.1, -0.05) is 23.8 Å². The summed E-state index contributed by atoms with van der Waals surface area (Å²) in [5.74, 6) is 0. The fraction of sp³-hybridized carbons (Fsp3) is 0.429. The smallest absolute Gasteiger partial charge is 0.398 e. The summed E-state index contributed by atoms with van der Waals surface area (Å²) in [5.41, 5.74) is 1.08. The van der Waals surface area contributed by atoms with Crippen molar-refractivity contribution >= 4 is 24.3 Å². The molecule has 1 radical (unpaired) electrons. The highest BCUT2D eigenvalue weighted by atomic mass is 35.5. The molecule has 3 aliphatic rings. The summed E-state index contributed by atoms with van der Waals surface area (Å²) in [6, 6.07) is 0.800. The van der Waals surface area contributed by atoms with Crippen molar-refractivity contribution in [2.75, 3.05) is 0 Å². The van der Waals surface area contributed by atoms with Crippen molar-refractivity contribution in [2.45, 2.75) is 38.9 Å². The van der Waals surface area contributed by atoms with Crippen LogP contribution in [0.1, 0.15) is 27.7 Å². The number of halogens is 1. The molecule has 2 heterocycles. The molecule has 0 aromatic heterocycles.